The highest BCUT2D eigenvalue weighted by Crippen LogP contribution is 2.50. The van der Waals surface area contributed by atoms with Crippen LogP contribution in [-0.4, -0.2) is 121 Å². The fourth-order valence-corrected chi connectivity index (χ4v) is 9.26. The van der Waals surface area contributed by atoms with E-state index in [0.29, 0.717) is 17.9 Å². The lowest BCUT2D eigenvalue weighted by atomic mass is 9.78. The normalized spacial score (nSPS) is 29.0. The molecule has 0 aromatic heterocycles. The molecule has 12 heteroatoms. The number of aryl methyl sites for hydroxylation is 1. The Morgan fingerprint density at radius 3 is 2.40 bits per heavy atom. The molecule has 2 aromatic rings. The molecule has 5 heterocycles. The molecule has 0 saturated carbocycles. The number of piperazine rings is 3. The van der Waals surface area contributed by atoms with Crippen molar-refractivity contribution < 1.29 is 47.8 Å². The molecule has 4 saturated heterocycles. The Morgan fingerprint density at radius 1 is 1.06 bits per heavy atom. The number of benzene rings is 2. The van der Waals surface area contributed by atoms with E-state index in [-0.39, 0.29) is 24.1 Å². The number of carboxylic acid groups (broad SMARTS) is 1. The SMILES string of the molecule is COC(=O)/C=C1/c2cc(CCC[N+]34CC[N+](CC(N)=O)(CC3)CC4)ccc2-c2c(OCC3=C(C(=O)[O-])N4C(=O)C(C(C)O)C4[C@H]3C)cccc21. The molecular formula is C38H45N4O8+. The highest BCUT2D eigenvalue weighted by atomic mass is 16.5. The van der Waals surface area contributed by atoms with Crippen molar-refractivity contribution in [3.63, 3.8) is 0 Å². The maximum Gasteiger partial charge on any atom is 0.331 e. The minimum Gasteiger partial charge on any atom is -0.543 e. The van der Waals surface area contributed by atoms with Crippen molar-refractivity contribution in [1.82, 2.24) is 4.90 Å². The average Bonchev–Trinajstić information content (AvgIpc) is 3.52. The smallest absolute Gasteiger partial charge is 0.331 e. The third kappa shape index (κ3) is 5.59. The van der Waals surface area contributed by atoms with Crippen LogP contribution >= 0.6 is 0 Å². The number of carbonyl (C=O) groups excluding carboxylic acids is 4. The van der Waals surface area contributed by atoms with Gasteiger partial charge in [-0.15, -0.1) is 0 Å². The van der Waals surface area contributed by atoms with Crippen molar-refractivity contribution in [2.75, 3.05) is 66.1 Å². The van der Waals surface area contributed by atoms with Gasteiger partial charge in [0.25, 0.3) is 5.91 Å². The van der Waals surface area contributed by atoms with Gasteiger partial charge in [0.2, 0.25) is 5.91 Å². The summed E-state index contributed by atoms with van der Waals surface area (Å²) in [6.07, 6.45) is 2.48. The molecule has 8 rings (SSSR count). The van der Waals surface area contributed by atoms with Crippen molar-refractivity contribution in [2.24, 2.45) is 17.6 Å². The number of primary amides is 1. The number of quaternary nitrogens is 2. The number of aliphatic hydroxyl groups is 1. The van der Waals surface area contributed by atoms with E-state index in [9.17, 15) is 29.4 Å². The van der Waals surface area contributed by atoms with E-state index in [1.807, 2.05) is 25.1 Å². The number of fused-ring (bicyclic) bond motifs is 7. The molecule has 264 valence electrons. The summed E-state index contributed by atoms with van der Waals surface area (Å²) in [6.45, 7) is 11.0. The molecule has 0 spiro atoms. The molecule has 6 aliphatic rings. The van der Waals surface area contributed by atoms with E-state index in [0.717, 1.165) is 101 Å². The first-order valence-electron chi connectivity index (χ1n) is 17.5. The van der Waals surface area contributed by atoms with Crippen LogP contribution in [0.2, 0.25) is 0 Å². The first-order valence-corrected chi connectivity index (χ1v) is 17.5. The number of carbonyl (C=O) groups is 4. The number of esters is 1. The van der Waals surface area contributed by atoms with Gasteiger partial charge in [0.15, 0.2) is 6.54 Å². The topological polar surface area (TPSA) is 159 Å². The molecule has 2 amide bonds. The maximum atomic E-state index is 12.8. The van der Waals surface area contributed by atoms with E-state index in [1.54, 1.807) is 0 Å². The number of hydrogen-bond acceptors (Lipinski definition) is 8. The Balaban J connectivity index is 1.11. The first-order chi connectivity index (χ1) is 23.9. The van der Waals surface area contributed by atoms with Gasteiger partial charge in [0, 0.05) is 24.0 Å². The maximum absolute atomic E-state index is 12.8. The van der Waals surface area contributed by atoms with Gasteiger partial charge in [-0.05, 0) is 52.8 Å². The highest BCUT2D eigenvalue weighted by Gasteiger charge is 2.58. The number of nitrogens with two attached hydrogens (primary N) is 1. The Bertz CT molecular complexity index is 1820. The van der Waals surface area contributed by atoms with Gasteiger partial charge in [-0.25, -0.2) is 4.79 Å². The predicted molar refractivity (Wildman–Crippen MR) is 180 cm³/mol. The van der Waals surface area contributed by atoms with Crippen molar-refractivity contribution in [3.05, 3.63) is 70.4 Å². The molecule has 4 atom stereocenters. The number of methoxy groups -OCH3 is 1. The molecular weight excluding hydrogens is 640 g/mol. The molecule has 0 radical (unpaired) electrons. The summed E-state index contributed by atoms with van der Waals surface area (Å²) in [6, 6.07) is 11.4. The van der Waals surface area contributed by atoms with Gasteiger partial charge in [0.05, 0.1) is 43.4 Å². The summed E-state index contributed by atoms with van der Waals surface area (Å²) in [5.74, 6) is -3.07. The standard InChI is InChI=1S/C38H44N4O8/c1-22-29(36(38(47)48)40-35(22)33(23(2)43)37(40)46)21-50-30-8-4-7-25-28(19-32(45)49-3)27-18-24(9-10-26(27)34(25)30)6-5-11-41-12-15-42(16-13-41,17-14-41)20-31(39)44/h4,7-10,18-19,22-23,33,35,43H,5-6,11-17,20-21H2,1-3H3,(H-2,39,44,47,48)/p+1/b28-19+/t22-,23?,33?,35?,41?,42?/m0/s1. The van der Waals surface area contributed by atoms with Crippen molar-refractivity contribution >= 4 is 29.3 Å². The zero-order valence-electron chi connectivity index (χ0n) is 28.9. The summed E-state index contributed by atoms with van der Waals surface area (Å²) in [7, 11) is 1.35. The van der Waals surface area contributed by atoms with E-state index in [1.165, 1.54) is 25.0 Å². The second-order valence-electron chi connectivity index (χ2n) is 14.8. The second kappa shape index (κ2) is 12.7. The number of nitrogens with zero attached hydrogens (tertiary/aromatic N) is 3. The lowest BCUT2D eigenvalue weighted by Gasteiger charge is -2.55. The molecule has 3 unspecified atom stereocenters. The predicted octanol–water partition coefficient (Wildman–Crippen LogP) is 0.591. The molecule has 2 bridgehead atoms. The lowest BCUT2D eigenvalue weighted by Crippen LogP contribution is -2.76. The molecule has 1 aliphatic carbocycles. The van der Waals surface area contributed by atoms with Gasteiger partial charge in [-0.1, -0.05) is 37.3 Å². The Morgan fingerprint density at radius 2 is 1.76 bits per heavy atom. The first kappa shape index (κ1) is 34.0. The molecule has 5 aliphatic heterocycles. The molecule has 3 N–H and O–H groups in total. The zero-order chi connectivity index (χ0) is 35.5. The van der Waals surface area contributed by atoms with Crippen LogP contribution in [-0.2, 0) is 30.3 Å². The Hall–Kier alpha value is -4.52. The summed E-state index contributed by atoms with van der Waals surface area (Å²) < 4.78 is 13.3. The molecule has 4 fully saturated rings. The van der Waals surface area contributed by atoms with E-state index < -0.39 is 35.9 Å². The summed E-state index contributed by atoms with van der Waals surface area (Å²) >= 11 is 0. The van der Waals surface area contributed by atoms with Gasteiger partial charge in [0.1, 0.15) is 51.6 Å². The summed E-state index contributed by atoms with van der Waals surface area (Å²) in [5, 5.41) is 22.4. The number of β-lactam (4-membered cyclic amide) rings is 1. The molecule has 12 nitrogen and oxygen atoms in total. The fraction of sp³-hybridized carbons (Fsp3) is 0.474. The average molecular weight is 686 g/mol. The number of carboxylic acids is 1. The quantitative estimate of drug-likeness (QED) is 0.121. The molecule has 2 aromatic carbocycles. The number of hydrogen-bond donors (Lipinski definition) is 2. The number of ether oxygens (including phenoxy) is 2. The zero-order valence-corrected chi connectivity index (χ0v) is 28.9. The van der Waals surface area contributed by atoms with Crippen LogP contribution in [0.3, 0.4) is 0 Å². The number of rotatable bonds is 12. The number of aliphatic hydroxyl groups excluding tert-OH is 1. The van der Waals surface area contributed by atoms with Crippen LogP contribution < -0.4 is 15.6 Å². The van der Waals surface area contributed by atoms with E-state index in [4.69, 9.17) is 15.2 Å². The summed E-state index contributed by atoms with van der Waals surface area (Å²) in [5.41, 5.74) is 11.1. The van der Waals surface area contributed by atoms with Gasteiger partial charge >= 0.3 is 5.97 Å². The van der Waals surface area contributed by atoms with Crippen LogP contribution in [0.5, 0.6) is 5.75 Å². The summed E-state index contributed by atoms with van der Waals surface area (Å²) in [4.78, 5) is 50.5. The minimum absolute atomic E-state index is 0.0836. The van der Waals surface area contributed by atoms with Crippen LogP contribution in [0, 0.1) is 11.8 Å². The van der Waals surface area contributed by atoms with E-state index >= 15 is 0 Å². The third-order valence-electron chi connectivity index (χ3n) is 12.1. The molecule has 50 heavy (non-hydrogen) atoms. The lowest BCUT2D eigenvalue weighted by molar-refractivity contribution is -1.08. The van der Waals surface area contributed by atoms with Crippen LogP contribution in [0.1, 0.15) is 37.0 Å². The Kier molecular flexibility index (Phi) is 8.60. The largest absolute Gasteiger partial charge is 0.543 e. The van der Waals surface area contributed by atoms with Crippen LogP contribution in [0.25, 0.3) is 16.7 Å². The Labute approximate surface area is 291 Å². The second-order valence-corrected chi connectivity index (χ2v) is 14.8. The van der Waals surface area contributed by atoms with Crippen molar-refractivity contribution in [3.8, 4) is 16.9 Å². The van der Waals surface area contributed by atoms with Crippen molar-refractivity contribution in [2.45, 2.75) is 38.8 Å². The van der Waals surface area contributed by atoms with Gasteiger partial charge < -0.3 is 44.1 Å². The van der Waals surface area contributed by atoms with Crippen molar-refractivity contribution in [1.29, 1.82) is 0 Å². The van der Waals surface area contributed by atoms with E-state index in [2.05, 4.69) is 18.2 Å². The fourth-order valence-electron chi connectivity index (χ4n) is 9.26. The van der Waals surface area contributed by atoms with Gasteiger partial charge in [-0.2, -0.15) is 0 Å². The van der Waals surface area contributed by atoms with Crippen LogP contribution in [0.4, 0.5) is 0 Å². The van der Waals surface area contributed by atoms with Crippen LogP contribution in [0.15, 0.2) is 53.7 Å². The number of amides is 2. The van der Waals surface area contributed by atoms with Gasteiger partial charge in [-0.3, -0.25) is 9.59 Å². The number of aliphatic carboxylic acids is 1. The highest BCUT2D eigenvalue weighted by molar-refractivity contribution is 6.08. The monoisotopic (exact) mass is 685 g/mol. The minimum atomic E-state index is -1.45. The third-order valence-corrected chi connectivity index (χ3v) is 12.1.